The van der Waals surface area contributed by atoms with Crippen LogP contribution in [0.1, 0.15) is 28.1 Å². The van der Waals surface area contributed by atoms with Gasteiger partial charge in [0.1, 0.15) is 18.0 Å². The van der Waals surface area contributed by atoms with Crippen LogP contribution >= 0.6 is 11.3 Å². The third kappa shape index (κ3) is 4.32. The fourth-order valence-electron chi connectivity index (χ4n) is 2.58. The zero-order valence-corrected chi connectivity index (χ0v) is 15.8. The smallest absolute Gasteiger partial charge is 0.254 e. The molecule has 1 aromatic carbocycles. The number of ether oxygens (including phenoxy) is 2. The van der Waals surface area contributed by atoms with Crippen molar-refractivity contribution < 1.29 is 19.1 Å². The molecule has 2 aromatic rings. The number of amides is 2. The zero-order valence-electron chi connectivity index (χ0n) is 14.9. The molecule has 0 atom stereocenters. The van der Waals surface area contributed by atoms with Gasteiger partial charge >= 0.3 is 0 Å². The summed E-state index contributed by atoms with van der Waals surface area (Å²) in [6.07, 6.45) is 3.50. The molecule has 0 aliphatic heterocycles. The number of nitrogens with one attached hydrogen (secondary N) is 1. The Kier molecular flexibility index (Phi) is 5.41. The maximum absolute atomic E-state index is 13.0. The molecule has 0 unspecified atom stereocenters. The summed E-state index contributed by atoms with van der Waals surface area (Å²) in [5.74, 6) is 0.599. The average Bonchev–Trinajstić information content (AvgIpc) is 3.41. The van der Waals surface area contributed by atoms with Crippen molar-refractivity contribution >= 4 is 28.3 Å². The van der Waals surface area contributed by atoms with E-state index in [2.05, 4.69) is 10.3 Å². The largest absolute Gasteiger partial charge is 0.497 e. The number of rotatable bonds is 7. The van der Waals surface area contributed by atoms with E-state index in [1.54, 1.807) is 29.3 Å². The molecule has 0 bridgehead atoms. The summed E-state index contributed by atoms with van der Waals surface area (Å²) in [7, 11) is 3.07. The highest BCUT2D eigenvalue weighted by molar-refractivity contribution is 7.15. The lowest BCUT2D eigenvalue weighted by Crippen LogP contribution is -2.39. The van der Waals surface area contributed by atoms with Gasteiger partial charge in [-0.05, 0) is 31.9 Å². The van der Waals surface area contributed by atoms with Gasteiger partial charge in [0.25, 0.3) is 5.91 Å². The maximum atomic E-state index is 13.0. The Morgan fingerprint density at radius 3 is 2.38 bits per heavy atom. The van der Waals surface area contributed by atoms with Crippen molar-refractivity contribution in [3.8, 4) is 11.5 Å². The summed E-state index contributed by atoms with van der Waals surface area (Å²) in [6, 6.07) is 5.10. The minimum Gasteiger partial charge on any atom is -0.497 e. The summed E-state index contributed by atoms with van der Waals surface area (Å²) in [4.78, 5) is 32.1. The lowest BCUT2D eigenvalue weighted by Gasteiger charge is -2.22. The van der Waals surface area contributed by atoms with Crippen LogP contribution in [0, 0.1) is 6.92 Å². The lowest BCUT2D eigenvalue weighted by molar-refractivity contribution is -0.117. The molecule has 1 saturated carbocycles. The van der Waals surface area contributed by atoms with Gasteiger partial charge in [0, 0.05) is 28.7 Å². The average molecular weight is 375 g/mol. The third-order valence-corrected chi connectivity index (χ3v) is 4.86. The van der Waals surface area contributed by atoms with E-state index in [1.165, 1.54) is 25.6 Å². The minimum atomic E-state index is -0.255. The van der Waals surface area contributed by atoms with E-state index in [0.717, 1.165) is 17.7 Å². The molecule has 0 spiro atoms. The molecule has 1 aromatic heterocycles. The first-order chi connectivity index (χ1) is 12.5. The SMILES string of the molecule is COc1cc(OC)cc(C(=O)N(CC(=O)Nc2ncc(C)s2)C2CC2)c1. The number of hydrogen-bond donors (Lipinski definition) is 1. The molecule has 7 nitrogen and oxygen atoms in total. The van der Waals surface area contributed by atoms with Gasteiger partial charge in [-0.3, -0.25) is 9.59 Å². The fourth-order valence-corrected chi connectivity index (χ4v) is 3.26. The second-order valence-corrected chi connectivity index (χ2v) is 7.32. The van der Waals surface area contributed by atoms with E-state index in [0.29, 0.717) is 22.2 Å². The number of hydrogen-bond acceptors (Lipinski definition) is 6. The molecule has 26 heavy (non-hydrogen) atoms. The normalized spacial score (nSPS) is 13.2. The topological polar surface area (TPSA) is 80.8 Å². The van der Waals surface area contributed by atoms with Gasteiger partial charge in [0.05, 0.1) is 14.2 Å². The quantitative estimate of drug-likeness (QED) is 0.805. The van der Waals surface area contributed by atoms with Crippen LogP contribution in [0.15, 0.2) is 24.4 Å². The van der Waals surface area contributed by atoms with E-state index in [9.17, 15) is 9.59 Å². The third-order valence-electron chi connectivity index (χ3n) is 4.03. The van der Waals surface area contributed by atoms with Crippen LogP contribution < -0.4 is 14.8 Å². The van der Waals surface area contributed by atoms with E-state index < -0.39 is 0 Å². The van der Waals surface area contributed by atoms with Crippen molar-refractivity contribution in [2.24, 2.45) is 0 Å². The number of carbonyl (C=O) groups excluding carboxylic acids is 2. The molecule has 8 heteroatoms. The van der Waals surface area contributed by atoms with E-state index in [1.807, 2.05) is 6.92 Å². The first kappa shape index (κ1) is 18.2. The number of anilines is 1. The Bertz CT molecular complexity index is 794. The van der Waals surface area contributed by atoms with E-state index in [-0.39, 0.29) is 24.4 Å². The van der Waals surface area contributed by atoms with Crippen LogP contribution in [-0.2, 0) is 4.79 Å². The van der Waals surface area contributed by atoms with Gasteiger partial charge in [0.15, 0.2) is 5.13 Å². The summed E-state index contributed by atoms with van der Waals surface area (Å²) in [5.41, 5.74) is 0.436. The van der Waals surface area contributed by atoms with Crippen molar-refractivity contribution in [2.75, 3.05) is 26.1 Å². The van der Waals surface area contributed by atoms with E-state index >= 15 is 0 Å². The summed E-state index contributed by atoms with van der Waals surface area (Å²) in [6.45, 7) is 1.91. The predicted molar refractivity (Wildman–Crippen MR) is 99.1 cm³/mol. The summed E-state index contributed by atoms with van der Waals surface area (Å²) in [5, 5.41) is 3.29. The second-order valence-electron chi connectivity index (χ2n) is 6.09. The predicted octanol–water partition coefficient (Wildman–Crippen LogP) is 2.71. The molecule has 138 valence electrons. The first-order valence-electron chi connectivity index (χ1n) is 8.26. The number of benzene rings is 1. The van der Waals surface area contributed by atoms with Gasteiger partial charge in [-0.2, -0.15) is 0 Å². The summed E-state index contributed by atoms with van der Waals surface area (Å²) >= 11 is 1.40. The monoisotopic (exact) mass is 375 g/mol. The molecular weight excluding hydrogens is 354 g/mol. The Morgan fingerprint density at radius 2 is 1.88 bits per heavy atom. The molecule has 0 saturated heterocycles. The Balaban J connectivity index is 1.75. The number of aryl methyl sites for hydroxylation is 1. The van der Waals surface area contributed by atoms with Gasteiger partial charge in [0.2, 0.25) is 5.91 Å². The van der Waals surface area contributed by atoms with Crippen molar-refractivity contribution in [1.82, 2.24) is 9.88 Å². The number of aromatic nitrogens is 1. The van der Waals surface area contributed by atoms with Gasteiger partial charge in [-0.25, -0.2) is 4.98 Å². The van der Waals surface area contributed by atoms with Crippen LogP contribution in [0.5, 0.6) is 11.5 Å². The summed E-state index contributed by atoms with van der Waals surface area (Å²) < 4.78 is 10.5. The van der Waals surface area contributed by atoms with Crippen LogP contribution in [0.3, 0.4) is 0 Å². The number of thiazole rings is 1. The highest BCUT2D eigenvalue weighted by atomic mass is 32.1. The van der Waals surface area contributed by atoms with Crippen molar-refractivity contribution in [3.63, 3.8) is 0 Å². The zero-order chi connectivity index (χ0) is 18.7. The molecule has 0 radical (unpaired) electrons. The molecule has 1 heterocycles. The maximum Gasteiger partial charge on any atom is 0.254 e. The molecule has 1 aliphatic rings. The highest BCUT2D eigenvalue weighted by Crippen LogP contribution is 2.30. The van der Waals surface area contributed by atoms with Crippen molar-refractivity contribution in [1.29, 1.82) is 0 Å². The highest BCUT2D eigenvalue weighted by Gasteiger charge is 2.34. The first-order valence-corrected chi connectivity index (χ1v) is 9.08. The van der Waals surface area contributed by atoms with Crippen LogP contribution in [0.25, 0.3) is 0 Å². The molecule has 1 aliphatic carbocycles. The Hall–Kier alpha value is -2.61. The molecular formula is C18H21N3O4S. The Labute approximate surface area is 155 Å². The van der Waals surface area contributed by atoms with Crippen LogP contribution in [0.2, 0.25) is 0 Å². The number of nitrogens with zero attached hydrogens (tertiary/aromatic N) is 2. The van der Waals surface area contributed by atoms with Gasteiger partial charge in [-0.15, -0.1) is 11.3 Å². The second kappa shape index (κ2) is 7.74. The molecule has 1 fully saturated rings. The number of carbonyl (C=O) groups is 2. The van der Waals surface area contributed by atoms with Crippen LogP contribution in [0.4, 0.5) is 5.13 Å². The van der Waals surface area contributed by atoms with Crippen LogP contribution in [-0.4, -0.2) is 48.5 Å². The van der Waals surface area contributed by atoms with Crippen molar-refractivity contribution in [2.45, 2.75) is 25.8 Å². The fraction of sp³-hybridized carbons (Fsp3) is 0.389. The van der Waals surface area contributed by atoms with Gasteiger partial charge in [-0.1, -0.05) is 0 Å². The number of methoxy groups -OCH3 is 2. The van der Waals surface area contributed by atoms with Crippen molar-refractivity contribution in [3.05, 3.63) is 34.8 Å². The standard InChI is InChI=1S/C18H21N3O4S/c1-11-9-19-18(26-11)20-16(22)10-21(13-4-5-13)17(23)12-6-14(24-2)8-15(7-12)25-3/h6-9,13H,4-5,10H2,1-3H3,(H,19,20,22). The minimum absolute atomic E-state index is 0.0122. The molecule has 2 amide bonds. The van der Waals surface area contributed by atoms with Gasteiger partial charge < -0.3 is 19.7 Å². The molecule has 3 rings (SSSR count). The Morgan fingerprint density at radius 1 is 1.23 bits per heavy atom. The van der Waals surface area contributed by atoms with E-state index in [4.69, 9.17) is 9.47 Å². The lowest BCUT2D eigenvalue weighted by atomic mass is 10.1. The molecule has 1 N–H and O–H groups in total.